The zero-order valence-corrected chi connectivity index (χ0v) is 6.63. The number of carbonyl (C=O) groups is 1. The Morgan fingerprint density at radius 2 is 2.36 bits per heavy atom. The highest BCUT2D eigenvalue weighted by Crippen LogP contribution is 2.15. The van der Waals surface area contributed by atoms with Gasteiger partial charge in [0.1, 0.15) is 5.69 Å². The summed E-state index contributed by atoms with van der Waals surface area (Å²) >= 11 is 5.60. The van der Waals surface area contributed by atoms with Crippen LogP contribution in [0.3, 0.4) is 0 Å². The van der Waals surface area contributed by atoms with Crippen molar-refractivity contribution in [3.05, 3.63) is 22.8 Å². The summed E-state index contributed by atoms with van der Waals surface area (Å²) in [6.45, 7) is 0. The molecule has 58 valence electrons. The van der Waals surface area contributed by atoms with Crippen LogP contribution < -0.4 is 4.74 Å². The maximum Gasteiger partial charge on any atom is 0.213 e. The van der Waals surface area contributed by atoms with Gasteiger partial charge in [0, 0.05) is 6.07 Å². The average molecular weight is 172 g/mol. The molecular formula is C7H6ClNO2. The fourth-order valence-electron chi connectivity index (χ4n) is 0.636. The third-order valence-electron chi connectivity index (χ3n) is 1.17. The number of aldehydes is 1. The van der Waals surface area contributed by atoms with Crippen LogP contribution in [0.15, 0.2) is 12.1 Å². The lowest BCUT2D eigenvalue weighted by Gasteiger charge is -1.98. The van der Waals surface area contributed by atoms with Crippen molar-refractivity contribution < 1.29 is 9.53 Å². The van der Waals surface area contributed by atoms with Crippen molar-refractivity contribution in [2.24, 2.45) is 0 Å². The van der Waals surface area contributed by atoms with E-state index in [4.69, 9.17) is 16.3 Å². The molecule has 0 radical (unpaired) electrons. The third kappa shape index (κ3) is 1.68. The van der Waals surface area contributed by atoms with Crippen LogP contribution >= 0.6 is 11.6 Å². The summed E-state index contributed by atoms with van der Waals surface area (Å²) in [6.07, 6.45) is 0.588. The minimum absolute atomic E-state index is 0.200. The predicted molar refractivity (Wildman–Crippen MR) is 41.2 cm³/mol. The van der Waals surface area contributed by atoms with E-state index < -0.39 is 0 Å². The molecule has 0 aliphatic heterocycles. The monoisotopic (exact) mass is 171 g/mol. The van der Waals surface area contributed by atoms with Gasteiger partial charge in [-0.05, 0) is 6.07 Å². The van der Waals surface area contributed by atoms with Gasteiger partial charge in [-0.2, -0.15) is 0 Å². The Hall–Kier alpha value is -1.09. The molecule has 1 heterocycles. The smallest absolute Gasteiger partial charge is 0.213 e. The summed E-state index contributed by atoms with van der Waals surface area (Å²) in [5, 5.41) is 0.334. The molecule has 0 N–H and O–H groups in total. The Morgan fingerprint density at radius 3 is 2.91 bits per heavy atom. The van der Waals surface area contributed by atoms with Gasteiger partial charge >= 0.3 is 0 Å². The highest BCUT2D eigenvalue weighted by atomic mass is 35.5. The highest BCUT2D eigenvalue weighted by Gasteiger charge is 2.01. The van der Waals surface area contributed by atoms with Gasteiger partial charge in [-0.15, -0.1) is 0 Å². The van der Waals surface area contributed by atoms with Crippen molar-refractivity contribution in [3.8, 4) is 5.88 Å². The molecule has 0 aliphatic rings. The topological polar surface area (TPSA) is 39.2 Å². The van der Waals surface area contributed by atoms with E-state index >= 15 is 0 Å². The van der Waals surface area contributed by atoms with Crippen molar-refractivity contribution in [2.75, 3.05) is 7.11 Å². The Labute approximate surface area is 69.0 Å². The molecule has 0 saturated heterocycles. The van der Waals surface area contributed by atoms with Gasteiger partial charge < -0.3 is 4.74 Å². The molecule has 0 bridgehead atoms. The fraction of sp³-hybridized carbons (Fsp3) is 0.143. The number of rotatable bonds is 2. The molecule has 0 saturated carbocycles. The molecule has 0 aliphatic carbocycles. The van der Waals surface area contributed by atoms with Gasteiger partial charge in [-0.1, -0.05) is 11.6 Å². The number of hydrogen-bond acceptors (Lipinski definition) is 3. The Kier molecular flexibility index (Phi) is 2.44. The number of aromatic nitrogens is 1. The van der Waals surface area contributed by atoms with E-state index in [-0.39, 0.29) is 5.69 Å². The third-order valence-corrected chi connectivity index (χ3v) is 1.49. The van der Waals surface area contributed by atoms with Gasteiger partial charge in [0.2, 0.25) is 5.88 Å². The molecule has 0 unspecified atom stereocenters. The average Bonchev–Trinajstić information content (AvgIpc) is 2.05. The summed E-state index contributed by atoms with van der Waals surface area (Å²) in [4.78, 5) is 14.1. The summed E-state index contributed by atoms with van der Waals surface area (Å²) in [6, 6.07) is 3.16. The van der Waals surface area contributed by atoms with E-state index in [0.717, 1.165) is 0 Å². The fourth-order valence-corrected chi connectivity index (χ4v) is 0.785. The zero-order chi connectivity index (χ0) is 8.27. The number of methoxy groups -OCH3 is 1. The van der Waals surface area contributed by atoms with Gasteiger partial charge in [-0.25, -0.2) is 4.98 Å². The second kappa shape index (κ2) is 3.34. The second-order valence-corrected chi connectivity index (χ2v) is 2.25. The Bertz CT molecular complexity index is 275. The molecule has 1 aromatic rings. The largest absolute Gasteiger partial charge is 0.481 e. The van der Waals surface area contributed by atoms with E-state index in [2.05, 4.69) is 4.98 Å². The van der Waals surface area contributed by atoms with Crippen LogP contribution in [-0.4, -0.2) is 18.4 Å². The maximum atomic E-state index is 10.3. The molecule has 1 aromatic heterocycles. The normalized spacial score (nSPS) is 9.27. The van der Waals surface area contributed by atoms with Crippen LogP contribution in [0.4, 0.5) is 0 Å². The highest BCUT2D eigenvalue weighted by molar-refractivity contribution is 6.32. The van der Waals surface area contributed by atoms with Gasteiger partial charge in [0.05, 0.1) is 12.1 Å². The molecule has 3 nitrogen and oxygen atoms in total. The maximum absolute atomic E-state index is 10.3. The van der Waals surface area contributed by atoms with E-state index in [1.165, 1.54) is 7.11 Å². The molecule has 4 heteroatoms. The van der Waals surface area contributed by atoms with Crippen LogP contribution in [-0.2, 0) is 0 Å². The minimum Gasteiger partial charge on any atom is -0.481 e. The van der Waals surface area contributed by atoms with Gasteiger partial charge in [0.15, 0.2) is 6.29 Å². The molecular weight excluding hydrogens is 166 g/mol. The van der Waals surface area contributed by atoms with Gasteiger partial charge in [-0.3, -0.25) is 4.79 Å². The first-order chi connectivity index (χ1) is 5.27. The van der Waals surface area contributed by atoms with E-state index in [0.29, 0.717) is 17.2 Å². The number of hydrogen-bond donors (Lipinski definition) is 0. The Balaban J connectivity index is 3.12. The SMILES string of the molecule is COc1ccc(Cl)c(C=O)n1. The van der Waals surface area contributed by atoms with Crippen LogP contribution in [0.25, 0.3) is 0 Å². The van der Waals surface area contributed by atoms with E-state index in [1.807, 2.05) is 0 Å². The zero-order valence-electron chi connectivity index (χ0n) is 5.87. The summed E-state index contributed by atoms with van der Waals surface area (Å²) < 4.78 is 4.78. The number of nitrogens with zero attached hydrogens (tertiary/aromatic N) is 1. The number of pyridine rings is 1. The molecule has 1 rings (SSSR count). The Morgan fingerprint density at radius 1 is 1.64 bits per heavy atom. The second-order valence-electron chi connectivity index (χ2n) is 1.84. The summed E-state index contributed by atoms with van der Waals surface area (Å²) in [5.41, 5.74) is 0.200. The molecule has 0 amide bonds. The first-order valence-corrected chi connectivity index (χ1v) is 3.31. The standard InChI is InChI=1S/C7H6ClNO2/c1-11-7-3-2-5(8)6(4-10)9-7/h2-4H,1H3. The minimum atomic E-state index is 0.200. The summed E-state index contributed by atoms with van der Waals surface area (Å²) in [5.74, 6) is 0.386. The summed E-state index contributed by atoms with van der Waals surface area (Å²) in [7, 11) is 1.48. The van der Waals surface area contributed by atoms with Crippen molar-refractivity contribution in [3.63, 3.8) is 0 Å². The van der Waals surface area contributed by atoms with Crippen molar-refractivity contribution >= 4 is 17.9 Å². The lowest BCUT2D eigenvalue weighted by atomic mass is 10.4. The molecule has 0 fully saturated rings. The number of halogens is 1. The van der Waals surface area contributed by atoms with Crippen LogP contribution in [0, 0.1) is 0 Å². The first kappa shape index (κ1) is 8.01. The molecule has 11 heavy (non-hydrogen) atoms. The molecule has 0 spiro atoms. The molecule has 0 atom stereocenters. The van der Waals surface area contributed by atoms with Crippen LogP contribution in [0.1, 0.15) is 10.5 Å². The van der Waals surface area contributed by atoms with E-state index in [9.17, 15) is 4.79 Å². The first-order valence-electron chi connectivity index (χ1n) is 2.93. The predicted octanol–water partition coefficient (Wildman–Crippen LogP) is 1.56. The van der Waals surface area contributed by atoms with E-state index in [1.54, 1.807) is 12.1 Å². The van der Waals surface area contributed by atoms with Crippen molar-refractivity contribution in [2.45, 2.75) is 0 Å². The molecule has 0 aromatic carbocycles. The van der Waals surface area contributed by atoms with Crippen molar-refractivity contribution in [1.82, 2.24) is 4.98 Å². The van der Waals surface area contributed by atoms with Crippen molar-refractivity contribution in [1.29, 1.82) is 0 Å². The van der Waals surface area contributed by atoms with Crippen LogP contribution in [0.2, 0.25) is 5.02 Å². The lowest BCUT2D eigenvalue weighted by Crippen LogP contribution is -1.92. The number of carbonyl (C=O) groups excluding carboxylic acids is 1. The lowest BCUT2D eigenvalue weighted by molar-refractivity contribution is 0.111. The van der Waals surface area contributed by atoms with Gasteiger partial charge in [0.25, 0.3) is 0 Å². The number of ether oxygens (including phenoxy) is 1. The quantitative estimate of drug-likeness (QED) is 0.634. The van der Waals surface area contributed by atoms with Crippen LogP contribution in [0.5, 0.6) is 5.88 Å².